The summed E-state index contributed by atoms with van der Waals surface area (Å²) in [4.78, 5) is 24.7. The smallest absolute Gasteiger partial charge is 0.271 e. The van der Waals surface area contributed by atoms with Crippen molar-refractivity contribution in [3.05, 3.63) is 76.6 Å². The van der Waals surface area contributed by atoms with Crippen LogP contribution in [-0.2, 0) is 4.79 Å². The molecule has 29 heavy (non-hydrogen) atoms. The van der Waals surface area contributed by atoms with E-state index in [1.54, 1.807) is 25.1 Å². The summed E-state index contributed by atoms with van der Waals surface area (Å²) >= 11 is 1.30. The summed E-state index contributed by atoms with van der Waals surface area (Å²) < 4.78 is 6.75. The Bertz CT molecular complexity index is 1030. The first-order chi connectivity index (χ1) is 14.0. The van der Waals surface area contributed by atoms with Gasteiger partial charge in [0.05, 0.1) is 17.5 Å². The molecular formula is C22H23N3O3S. The SMILES string of the molecule is CCOc1ccc(NC(=O)[C@@H](C)Sc2ccc(=O)n(-c3ccc(C)cc3)n2)cc1. The van der Waals surface area contributed by atoms with Crippen molar-refractivity contribution in [1.29, 1.82) is 0 Å². The van der Waals surface area contributed by atoms with Crippen LogP contribution < -0.4 is 15.6 Å². The molecule has 1 amide bonds. The lowest BCUT2D eigenvalue weighted by Crippen LogP contribution is -2.24. The first-order valence-corrected chi connectivity index (χ1v) is 10.2. The van der Waals surface area contributed by atoms with Crippen LogP contribution in [0.15, 0.2) is 70.5 Å². The molecule has 6 nitrogen and oxygen atoms in total. The minimum Gasteiger partial charge on any atom is -0.494 e. The average molecular weight is 410 g/mol. The quantitative estimate of drug-likeness (QED) is 0.596. The molecule has 1 atom stereocenters. The van der Waals surface area contributed by atoms with E-state index in [1.807, 2.05) is 50.2 Å². The van der Waals surface area contributed by atoms with Gasteiger partial charge in [-0.25, -0.2) is 0 Å². The monoisotopic (exact) mass is 409 g/mol. The number of nitrogens with zero attached hydrogens (tertiary/aromatic N) is 2. The van der Waals surface area contributed by atoms with Crippen molar-refractivity contribution >= 4 is 23.4 Å². The summed E-state index contributed by atoms with van der Waals surface area (Å²) in [5.41, 5.74) is 2.27. The van der Waals surface area contributed by atoms with E-state index in [-0.39, 0.29) is 11.5 Å². The molecule has 0 unspecified atom stereocenters. The van der Waals surface area contributed by atoms with Crippen molar-refractivity contribution in [3.8, 4) is 11.4 Å². The van der Waals surface area contributed by atoms with Crippen LogP contribution in [0.25, 0.3) is 5.69 Å². The summed E-state index contributed by atoms with van der Waals surface area (Å²) in [6.45, 7) is 6.30. The average Bonchev–Trinajstić information content (AvgIpc) is 2.72. The van der Waals surface area contributed by atoms with Gasteiger partial charge < -0.3 is 10.1 Å². The zero-order valence-electron chi connectivity index (χ0n) is 16.6. The number of nitrogens with one attached hydrogen (secondary N) is 1. The van der Waals surface area contributed by atoms with E-state index in [4.69, 9.17) is 4.74 Å². The van der Waals surface area contributed by atoms with Gasteiger partial charge in [-0.2, -0.15) is 9.78 Å². The van der Waals surface area contributed by atoms with Crippen LogP contribution >= 0.6 is 11.8 Å². The maximum Gasteiger partial charge on any atom is 0.271 e. The number of aromatic nitrogens is 2. The van der Waals surface area contributed by atoms with Gasteiger partial charge in [-0.1, -0.05) is 29.5 Å². The van der Waals surface area contributed by atoms with Crippen LogP contribution in [0.4, 0.5) is 5.69 Å². The highest BCUT2D eigenvalue weighted by atomic mass is 32.2. The normalized spacial score (nSPS) is 11.7. The standard InChI is InChI=1S/C22H23N3O3S/c1-4-28-19-11-7-17(8-12-19)23-22(27)16(3)29-20-13-14-21(26)25(24-20)18-9-5-15(2)6-10-18/h5-14,16H,4H2,1-3H3,(H,23,27)/t16-/m1/s1. The summed E-state index contributed by atoms with van der Waals surface area (Å²) in [6, 6.07) is 17.9. The van der Waals surface area contributed by atoms with Gasteiger partial charge in [0.2, 0.25) is 5.91 Å². The number of anilines is 1. The third kappa shape index (κ3) is 5.48. The molecule has 0 saturated carbocycles. The maximum absolute atomic E-state index is 12.5. The van der Waals surface area contributed by atoms with E-state index in [0.717, 1.165) is 11.3 Å². The van der Waals surface area contributed by atoms with Gasteiger partial charge in [0.1, 0.15) is 10.8 Å². The van der Waals surface area contributed by atoms with Gasteiger partial charge in [0.15, 0.2) is 0 Å². The van der Waals surface area contributed by atoms with Crippen molar-refractivity contribution in [1.82, 2.24) is 9.78 Å². The highest BCUT2D eigenvalue weighted by Crippen LogP contribution is 2.23. The molecule has 3 aromatic rings. The fourth-order valence-electron chi connectivity index (χ4n) is 2.61. The topological polar surface area (TPSA) is 73.2 Å². The predicted molar refractivity (Wildman–Crippen MR) is 116 cm³/mol. The lowest BCUT2D eigenvalue weighted by Gasteiger charge is -2.13. The highest BCUT2D eigenvalue weighted by molar-refractivity contribution is 8.00. The predicted octanol–water partition coefficient (Wildman–Crippen LogP) is 4.06. The minimum atomic E-state index is -0.391. The third-order valence-corrected chi connectivity index (χ3v) is 5.18. The largest absolute Gasteiger partial charge is 0.494 e. The fourth-order valence-corrected chi connectivity index (χ4v) is 3.41. The van der Waals surface area contributed by atoms with Gasteiger partial charge in [-0.3, -0.25) is 9.59 Å². The van der Waals surface area contributed by atoms with Crippen LogP contribution in [0.2, 0.25) is 0 Å². The van der Waals surface area contributed by atoms with Gasteiger partial charge >= 0.3 is 0 Å². The second-order valence-electron chi connectivity index (χ2n) is 6.46. The number of thioether (sulfide) groups is 1. The molecule has 0 spiro atoms. The summed E-state index contributed by atoms with van der Waals surface area (Å²) in [5, 5.41) is 7.49. The molecule has 0 aliphatic carbocycles. The van der Waals surface area contributed by atoms with E-state index in [1.165, 1.54) is 22.5 Å². The molecule has 150 valence electrons. The molecular weight excluding hydrogens is 386 g/mol. The Balaban J connectivity index is 1.68. The Hall–Kier alpha value is -3.06. The molecule has 0 fully saturated rings. The summed E-state index contributed by atoms with van der Waals surface area (Å²) in [5.74, 6) is 0.615. The van der Waals surface area contributed by atoms with E-state index >= 15 is 0 Å². The lowest BCUT2D eigenvalue weighted by molar-refractivity contribution is -0.115. The van der Waals surface area contributed by atoms with Crippen molar-refractivity contribution in [2.45, 2.75) is 31.0 Å². The van der Waals surface area contributed by atoms with E-state index in [0.29, 0.717) is 23.0 Å². The first-order valence-electron chi connectivity index (χ1n) is 9.34. The molecule has 0 bridgehead atoms. The van der Waals surface area contributed by atoms with E-state index in [9.17, 15) is 9.59 Å². The second kappa shape index (κ2) is 9.43. The molecule has 7 heteroatoms. The van der Waals surface area contributed by atoms with Crippen LogP contribution in [0.5, 0.6) is 5.75 Å². The van der Waals surface area contributed by atoms with Gasteiger partial charge in [-0.05, 0) is 63.2 Å². The van der Waals surface area contributed by atoms with Crippen LogP contribution in [-0.4, -0.2) is 27.5 Å². The molecule has 1 aromatic heterocycles. The number of hydrogen-bond donors (Lipinski definition) is 1. The molecule has 2 aromatic carbocycles. The number of benzene rings is 2. The van der Waals surface area contributed by atoms with Crippen molar-refractivity contribution < 1.29 is 9.53 Å². The number of aryl methyl sites for hydroxylation is 1. The van der Waals surface area contributed by atoms with E-state index in [2.05, 4.69) is 10.4 Å². The number of carbonyl (C=O) groups excluding carboxylic acids is 1. The Morgan fingerprint density at radius 1 is 1.10 bits per heavy atom. The molecule has 3 rings (SSSR count). The molecule has 1 heterocycles. The lowest BCUT2D eigenvalue weighted by atomic mass is 10.2. The zero-order valence-corrected chi connectivity index (χ0v) is 17.4. The summed E-state index contributed by atoms with van der Waals surface area (Å²) in [7, 11) is 0. The van der Waals surface area contributed by atoms with Crippen LogP contribution in [0.3, 0.4) is 0 Å². The highest BCUT2D eigenvalue weighted by Gasteiger charge is 2.16. The van der Waals surface area contributed by atoms with Gasteiger partial charge in [-0.15, -0.1) is 0 Å². The molecule has 0 aliphatic rings. The minimum absolute atomic E-state index is 0.144. The fraction of sp³-hybridized carbons (Fsp3) is 0.227. The molecule has 0 aliphatic heterocycles. The summed E-state index contributed by atoms with van der Waals surface area (Å²) in [6.07, 6.45) is 0. The molecule has 0 saturated heterocycles. The van der Waals surface area contributed by atoms with E-state index < -0.39 is 5.25 Å². The number of amides is 1. The number of rotatable bonds is 7. The Labute approximate surface area is 173 Å². The Kier molecular flexibility index (Phi) is 6.72. The Morgan fingerprint density at radius 2 is 1.79 bits per heavy atom. The van der Waals surface area contributed by atoms with Gasteiger partial charge in [0.25, 0.3) is 5.56 Å². The van der Waals surface area contributed by atoms with Crippen molar-refractivity contribution in [3.63, 3.8) is 0 Å². The number of ether oxygens (including phenoxy) is 1. The second-order valence-corrected chi connectivity index (χ2v) is 7.82. The van der Waals surface area contributed by atoms with Crippen molar-refractivity contribution in [2.24, 2.45) is 0 Å². The Morgan fingerprint density at radius 3 is 2.45 bits per heavy atom. The van der Waals surface area contributed by atoms with Crippen molar-refractivity contribution in [2.75, 3.05) is 11.9 Å². The number of hydrogen-bond acceptors (Lipinski definition) is 5. The maximum atomic E-state index is 12.5. The molecule has 1 N–H and O–H groups in total. The third-order valence-electron chi connectivity index (χ3n) is 4.15. The zero-order chi connectivity index (χ0) is 20.8. The number of carbonyl (C=O) groups is 1. The van der Waals surface area contributed by atoms with Gasteiger partial charge in [0, 0.05) is 11.8 Å². The molecule has 0 radical (unpaired) electrons. The van der Waals surface area contributed by atoms with Crippen LogP contribution in [0, 0.1) is 6.92 Å². The van der Waals surface area contributed by atoms with Crippen LogP contribution in [0.1, 0.15) is 19.4 Å². The first kappa shape index (κ1) is 20.7.